The summed E-state index contributed by atoms with van der Waals surface area (Å²) < 4.78 is 13.7. The van der Waals surface area contributed by atoms with E-state index in [0.717, 1.165) is 22.6 Å². The van der Waals surface area contributed by atoms with Crippen LogP contribution in [-0.2, 0) is 5.75 Å². The van der Waals surface area contributed by atoms with Crippen LogP contribution in [0.1, 0.15) is 17.2 Å². The second-order valence-corrected chi connectivity index (χ2v) is 4.87. The molecule has 1 atom stereocenters. The summed E-state index contributed by atoms with van der Waals surface area (Å²) in [7, 11) is 0. The molecule has 13 heavy (non-hydrogen) atoms. The van der Waals surface area contributed by atoms with Gasteiger partial charge in [0.25, 0.3) is 0 Å². The molecule has 0 aromatic heterocycles. The quantitative estimate of drug-likeness (QED) is 0.778. The van der Waals surface area contributed by atoms with E-state index < -0.39 is 0 Å². The molecule has 0 spiro atoms. The van der Waals surface area contributed by atoms with Crippen molar-refractivity contribution in [1.29, 1.82) is 0 Å². The second kappa shape index (κ2) is 3.59. The molecule has 1 aliphatic heterocycles. The van der Waals surface area contributed by atoms with Gasteiger partial charge in [0.1, 0.15) is 5.82 Å². The normalized spacial score (nSPS) is 21.3. The van der Waals surface area contributed by atoms with Gasteiger partial charge in [-0.2, -0.15) is 11.8 Å². The number of rotatable bonds is 0. The lowest BCUT2D eigenvalue weighted by molar-refractivity contribution is 0.616. The predicted molar refractivity (Wildman–Crippen MR) is 57.2 cm³/mol. The molecule has 0 saturated carbocycles. The smallest absolute Gasteiger partial charge is 0.137 e. The van der Waals surface area contributed by atoms with Crippen LogP contribution < -0.4 is 5.73 Å². The van der Waals surface area contributed by atoms with Crippen LogP contribution in [0.5, 0.6) is 0 Å². The Kier molecular flexibility index (Phi) is 2.62. The van der Waals surface area contributed by atoms with E-state index in [0.29, 0.717) is 4.47 Å². The molecule has 0 amide bonds. The third-order valence-electron chi connectivity index (χ3n) is 2.18. The van der Waals surface area contributed by atoms with Crippen LogP contribution in [0.25, 0.3) is 0 Å². The minimum atomic E-state index is -0.201. The van der Waals surface area contributed by atoms with E-state index in [1.165, 1.54) is 6.07 Å². The highest BCUT2D eigenvalue weighted by atomic mass is 79.9. The Labute approximate surface area is 89.0 Å². The van der Waals surface area contributed by atoms with Crippen molar-refractivity contribution in [1.82, 2.24) is 0 Å². The van der Waals surface area contributed by atoms with Crippen LogP contribution in [0.15, 0.2) is 16.6 Å². The molecule has 1 aliphatic rings. The summed E-state index contributed by atoms with van der Waals surface area (Å²) in [5, 5.41) is 0. The zero-order valence-corrected chi connectivity index (χ0v) is 9.29. The summed E-state index contributed by atoms with van der Waals surface area (Å²) in [6, 6.07) is 3.31. The van der Waals surface area contributed by atoms with E-state index in [4.69, 9.17) is 5.73 Å². The molecule has 1 aromatic carbocycles. The summed E-state index contributed by atoms with van der Waals surface area (Å²) in [5.74, 6) is 1.57. The number of fused-ring (bicyclic) bond motifs is 1. The lowest BCUT2D eigenvalue weighted by atomic mass is 10.0. The molecule has 0 radical (unpaired) electrons. The summed E-state index contributed by atoms with van der Waals surface area (Å²) in [6.07, 6.45) is 0. The largest absolute Gasteiger partial charge is 0.323 e. The Balaban J connectivity index is 2.56. The first kappa shape index (κ1) is 9.49. The fraction of sp³-hybridized carbons (Fsp3) is 0.333. The van der Waals surface area contributed by atoms with Gasteiger partial charge in [-0.05, 0) is 33.1 Å². The van der Waals surface area contributed by atoms with Gasteiger partial charge >= 0.3 is 0 Å². The van der Waals surface area contributed by atoms with Gasteiger partial charge in [0.05, 0.1) is 4.47 Å². The number of hydrogen-bond acceptors (Lipinski definition) is 2. The van der Waals surface area contributed by atoms with Gasteiger partial charge in [0.15, 0.2) is 0 Å². The maximum absolute atomic E-state index is 13.1. The molecular formula is C9H9BrFNS. The van der Waals surface area contributed by atoms with Crippen molar-refractivity contribution in [3.63, 3.8) is 0 Å². The Morgan fingerprint density at radius 3 is 3.08 bits per heavy atom. The molecule has 1 aromatic rings. The molecule has 0 fully saturated rings. The van der Waals surface area contributed by atoms with E-state index in [9.17, 15) is 4.39 Å². The standard InChI is InChI=1S/C9H9BrFNS/c10-9-6-3-13-4-8(12)5(6)1-2-7(9)11/h1-2,8H,3-4,12H2/t8-/m1/s1. The average molecular weight is 262 g/mol. The fourth-order valence-corrected chi connectivity index (χ4v) is 3.23. The van der Waals surface area contributed by atoms with Gasteiger partial charge in [-0.3, -0.25) is 0 Å². The molecule has 2 rings (SSSR count). The minimum absolute atomic E-state index is 0.0469. The topological polar surface area (TPSA) is 26.0 Å². The molecule has 0 unspecified atom stereocenters. The van der Waals surface area contributed by atoms with Crippen LogP contribution in [0.4, 0.5) is 4.39 Å². The second-order valence-electron chi connectivity index (χ2n) is 3.05. The number of nitrogens with two attached hydrogens (primary N) is 1. The maximum Gasteiger partial charge on any atom is 0.137 e. The Hall–Kier alpha value is -0.0600. The van der Waals surface area contributed by atoms with Crippen molar-refractivity contribution in [2.45, 2.75) is 11.8 Å². The lowest BCUT2D eigenvalue weighted by Crippen LogP contribution is -2.19. The summed E-state index contributed by atoms with van der Waals surface area (Å²) >= 11 is 5.00. The highest BCUT2D eigenvalue weighted by molar-refractivity contribution is 9.10. The highest BCUT2D eigenvalue weighted by Gasteiger charge is 2.20. The number of benzene rings is 1. The monoisotopic (exact) mass is 261 g/mol. The van der Waals surface area contributed by atoms with Crippen molar-refractivity contribution in [2.24, 2.45) is 5.73 Å². The van der Waals surface area contributed by atoms with Crippen LogP contribution in [0, 0.1) is 5.82 Å². The first-order valence-corrected chi connectivity index (χ1v) is 5.95. The zero-order chi connectivity index (χ0) is 9.42. The number of hydrogen-bond donors (Lipinski definition) is 1. The Bertz CT molecular complexity index is 343. The fourth-order valence-electron chi connectivity index (χ4n) is 1.48. The molecule has 0 saturated heterocycles. The van der Waals surface area contributed by atoms with E-state index >= 15 is 0 Å². The molecular weight excluding hydrogens is 253 g/mol. The van der Waals surface area contributed by atoms with Crippen molar-refractivity contribution in [2.75, 3.05) is 5.75 Å². The molecule has 1 heterocycles. The van der Waals surface area contributed by atoms with Crippen LogP contribution in [0.2, 0.25) is 0 Å². The molecule has 0 bridgehead atoms. The van der Waals surface area contributed by atoms with E-state index in [-0.39, 0.29) is 11.9 Å². The van der Waals surface area contributed by atoms with Crippen LogP contribution in [0.3, 0.4) is 0 Å². The lowest BCUT2D eigenvalue weighted by Gasteiger charge is -2.22. The molecule has 4 heteroatoms. The average Bonchev–Trinajstić information content (AvgIpc) is 2.12. The van der Waals surface area contributed by atoms with Gasteiger partial charge in [0, 0.05) is 17.5 Å². The molecule has 1 nitrogen and oxygen atoms in total. The van der Waals surface area contributed by atoms with Crippen molar-refractivity contribution < 1.29 is 4.39 Å². The predicted octanol–water partition coefficient (Wildman–Crippen LogP) is 2.83. The maximum atomic E-state index is 13.1. The van der Waals surface area contributed by atoms with Gasteiger partial charge in [-0.25, -0.2) is 4.39 Å². The van der Waals surface area contributed by atoms with Crippen LogP contribution >= 0.6 is 27.7 Å². The first-order chi connectivity index (χ1) is 6.20. The number of thioether (sulfide) groups is 1. The summed E-state index contributed by atoms with van der Waals surface area (Å²) in [4.78, 5) is 0. The van der Waals surface area contributed by atoms with Gasteiger partial charge in [-0.1, -0.05) is 6.07 Å². The van der Waals surface area contributed by atoms with Gasteiger partial charge < -0.3 is 5.73 Å². The third-order valence-corrected chi connectivity index (χ3v) is 4.12. The SMILES string of the molecule is N[C@@H]1CSCc2c1ccc(F)c2Br. The van der Waals surface area contributed by atoms with Gasteiger partial charge in [0.2, 0.25) is 0 Å². The summed E-state index contributed by atoms with van der Waals surface area (Å²) in [5.41, 5.74) is 7.99. The van der Waals surface area contributed by atoms with E-state index in [2.05, 4.69) is 15.9 Å². The third kappa shape index (κ3) is 1.63. The van der Waals surface area contributed by atoms with E-state index in [1.54, 1.807) is 17.8 Å². The number of halogens is 2. The zero-order valence-electron chi connectivity index (χ0n) is 6.89. The molecule has 70 valence electrons. The van der Waals surface area contributed by atoms with Crippen LogP contribution in [-0.4, -0.2) is 5.75 Å². The summed E-state index contributed by atoms with van der Waals surface area (Å²) in [6.45, 7) is 0. The highest BCUT2D eigenvalue weighted by Crippen LogP contribution is 2.35. The van der Waals surface area contributed by atoms with Crippen molar-refractivity contribution in [3.05, 3.63) is 33.5 Å². The van der Waals surface area contributed by atoms with Crippen molar-refractivity contribution in [3.8, 4) is 0 Å². The molecule has 0 aliphatic carbocycles. The minimum Gasteiger partial charge on any atom is -0.323 e. The molecule has 2 N–H and O–H groups in total. The van der Waals surface area contributed by atoms with E-state index in [1.807, 2.05) is 0 Å². The first-order valence-electron chi connectivity index (χ1n) is 4.00. The van der Waals surface area contributed by atoms with Crippen molar-refractivity contribution >= 4 is 27.7 Å². The Morgan fingerprint density at radius 2 is 2.31 bits per heavy atom. The van der Waals surface area contributed by atoms with Gasteiger partial charge in [-0.15, -0.1) is 0 Å². The Morgan fingerprint density at radius 1 is 1.54 bits per heavy atom.